The van der Waals surface area contributed by atoms with Crippen molar-refractivity contribution in [3.8, 4) is 11.4 Å². The van der Waals surface area contributed by atoms with Gasteiger partial charge in [-0.3, -0.25) is 9.78 Å². The van der Waals surface area contributed by atoms with Gasteiger partial charge in [-0.05, 0) is 36.4 Å². The van der Waals surface area contributed by atoms with Gasteiger partial charge in [0, 0.05) is 6.20 Å². The van der Waals surface area contributed by atoms with Crippen molar-refractivity contribution in [2.75, 3.05) is 12.4 Å². The molecule has 2 aromatic carbocycles. The molecule has 6 heteroatoms. The van der Waals surface area contributed by atoms with Crippen molar-refractivity contribution in [3.63, 3.8) is 0 Å². The highest BCUT2D eigenvalue weighted by atomic mass is 16.5. The Morgan fingerprint density at radius 1 is 1.00 bits per heavy atom. The number of hydrogen-bond acceptors (Lipinski definition) is 5. The molecule has 2 heterocycles. The number of ether oxygens (including phenoxy) is 1. The minimum absolute atomic E-state index is 0.204. The van der Waals surface area contributed by atoms with E-state index in [9.17, 15) is 4.79 Å². The molecule has 0 atom stereocenters. The number of benzene rings is 2. The molecule has 6 nitrogen and oxygen atoms in total. The Kier molecular flexibility index (Phi) is 4.07. The van der Waals surface area contributed by atoms with E-state index in [1.54, 1.807) is 31.6 Å². The smallest absolute Gasteiger partial charge is 0.271 e. The number of pyridine rings is 1. The molecule has 1 N–H and O–H groups in total. The summed E-state index contributed by atoms with van der Waals surface area (Å²) in [7, 11) is 1.54. The third-order valence-corrected chi connectivity index (χ3v) is 4.01. The maximum atomic E-state index is 13.3. The van der Waals surface area contributed by atoms with E-state index in [0.717, 1.165) is 5.69 Å². The second-order valence-corrected chi connectivity index (χ2v) is 5.63. The average Bonchev–Trinajstić information content (AvgIpc) is 2.69. The monoisotopic (exact) mass is 344 g/mol. The molecule has 4 aromatic rings. The summed E-state index contributed by atoms with van der Waals surface area (Å²) in [6, 6.07) is 18.4. The van der Waals surface area contributed by atoms with E-state index in [1.165, 1.54) is 4.57 Å². The van der Waals surface area contributed by atoms with Crippen molar-refractivity contribution < 1.29 is 4.74 Å². The molecule has 0 aliphatic carbocycles. The van der Waals surface area contributed by atoms with Gasteiger partial charge in [0.05, 0.1) is 30.2 Å². The molecule has 0 bridgehead atoms. The lowest BCUT2D eigenvalue weighted by Gasteiger charge is -2.15. The van der Waals surface area contributed by atoms with Crippen LogP contribution in [0.15, 0.2) is 77.9 Å². The third-order valence-electron chi connectivity index (χ3n) is 4.01. The Labute approximate surface area is 149 Å². The van der Waals surface area contributed by atoms with E-state index in [-0.39, 0.29) is 5.56 Å². The fraction of sp³-hybridized carbons (Fsp3) is 0.0500. The first-order chi connectivity index (χ1) is 12.8. The summed E-state index contributed by atoms with van der Waals surface area (Å²) in [5.41, 5.74) is 1.81. The lowest BCUT2D eigenvalue weighted by atomic mass is 10.2. The molecule has 0 fully saturated rings. The Hall–Kier alpha value is -3.67. The highest BCUT2D eigenvalue weighted by Gasteiger charge is 2.16. The van der Waals surface area contributed by atoms with Crippen LogP contribution in [0.1, 0.15) is 0 Å². The molecule has 0 amide bonds. The molecule has 0 spiro atoms. The van der Waals surface area contributed by atoms with Crippen LogP contribution in [0, 0.1) is 0 Å². The predicted octanol–water partition coefficient (Wildman–Crippen LogP) is 3.53. The fourth-order valence-corrected chi connectivity index (χ4v) is 2.84. The summed E-state index contributed by atoms with van der Waals surface area (Å²) >= 11 is 0. The Bertz CT molecular complexity index is 1110. The van der Waals surface area contributed by atoms with Crippen molar-refractivity contribution in [3.05, 3.63) is 83.4 Å². The van der Waals surface area contributed by atoms with Crippen LogP contribution >= 0.6 is 0 Å². The fourth-order valence-electron chi connectivity index (χ4n) is 2.84. The van der Waals surface area contributed by atoms with Crippen LogP contribution in [0.2, 0.25) is 0 Å². The maximum absolute atomic E-state index is 13.3. The second kappa shape index (κ2) is 6.68. The first kappa shape index (κ1) is 15.8. The third kappa shape index (κ3) is 2.77. The number of rotatable bonds is 4. The van der Waals surface area contributed by atoms with E-state index in [1.807, 2.05) is 48.5 Å². The number of methoxy groups -OCH3 is 1. The van der Waals surface area contributed by atoms with Gasteiger partial charge in [-0.25, -0.2) is 9.55 Å². The Morgan fingerprint density at radius 2 is 1.85 bits per heavy atom. The van der Waals surface area contributed by atoms with Crippen molar-refractivity contribution in [2.45, 2.75) is 0 Å². The maximum Gasteiger partial charge on any atom is 0.271 e. The van der Waals surface area contributed by atoms with Crippen LogP contribution in [0.5, 0.6) is 5.75 Å². The van der Waals surface area contributed by atoms with Gasteiger partial charge < -0.3 is 10.1 Å². The van der Waals surface area contributed by atoms with Gasteiger partial charge in [0.1, 0.15) is 11.1 Å². The predicted molar refractivity (Wildman–Crippen MR) is 101 cm³/mol. The molecule has 4 rings (SSSR count). The summed E-state index contributed by atoms with van der Waals surface area (Å²) in [4.78, 5) is 22.1. The lowest BCUT2D eigenvalue weighted by Crippen LogP contribution is -2.23. The molecule has 128 valence electrons. The molecule has 0 aliphatic rings. The largest absolute Gasteiger partial charge is 0.496 e. The number of nitrogens with one attached hydrogen (secondary N) is 1. The molecule has 0 unspecified atom stereocenters. The van der Waals surface area contributed by atoms with Gasteiger partial charge in [0.2, 0.25) is 5.95 Å². The highest BCUT2D eigenvalue weighted by molar-refractivity contribution is 5.86. The first-order valence-corrected chi connectivity index (χ1v) is 8.10. The van der Waals surface area contributed by atoms with Crippen molar-refractivity contribution >= 4 is 22.5 Å². The minimum atomic E-state index is -0.204. The van der Waals surface area contributed by atoms with E-state index < -0.39 is 0 Å². The number of nitrogens with zero attached hydrogens (tertiary/aromatic N) is 3. The molecule has 0 saturated heterocycles. The first-order valence-electron chi connectivity index (χ1n) is 8.10. The molecule has 2 aromatic heterocycles. The number of aromatic nitrogens is 3. The van der Waals surface area contributed by atoms with E-state index >= 15 is 0 Å². The summed E-state index contributed by atoms with van der Waals surface area (Å²) in [6.45, 7) is 0. The Balaban J connectivity index is 2.02. The Morgan fingerprint density at radius 3 is 2.58 bits per heavy atom. The van der Waals surface area contributed by atoms with Gasteiger partial charge in [0.15, 0.2) is 0 Å². The molecule has 0 radical (unpaired) electrons. The molecule has 26 heavy (non-hydrogen) atoms. The van der Waals surface area contributed by atoms with Crippen LogP contribution in [0.25, 0.3) is 16.6 Å². The zero-order chi connectivity index (χ0) is 17.9. The number of hydrogen-bond donors (Lipinski definition) is 1. The molecule has 0 saturated carbocycles. The van der Waals surface area contributed by atoms with Gasteiger partial charge in [-0.2, -0.15) is 0 Å². The minimum Gasteiger partial charge on any atom is -0.496 e. The highest BCUT2D eigenvalue weighted by Crippen LogP contribution is 2.24. The molecular weight excluding hydrogens is 328 g/mol. The summed E-state index contributed by atoms with van der Waals surface area (Å²) in [5, 5.41) is 3.63. The van der Waals surface area contributed by atoms with Crippen LogP contribution in [0.4, 0.5) is 11.6 Å². The van der Waals surface area contributed by atoms with Gasteiger partial charge >= 0.3 is 0 Å². The van der Waals surface area contributed by atoms with Gasteiger partial charge in [-0.1, -0.05) is 24.3 Å². The molecular formula is C20H16N4O2. The van der Waals surface area contributed by atoms with Crippen molar-refractivity contribution in [2.24, 2.45) is 0 Å². The van der Waals surface area contributed by atoms with E-state index in [0.29, 0.717) is 28.3 Å². The number of fused-ring (bicyclic) bond motifs is 1. The van der Waals surface area contributed by atoms with Crippen LogP contribution in [-0.2, 0) is 0 Å². The SMILES string of the molecule is COc1cccc2nc(Nc3cccnc3)n(-c3ccccc3)c(=O)c12. The quantitative estimate of drug-likeness (QED) is 0.613. The lowest BCUT2D eigenvalue weighted by molar-refractivity contribution is 0.419. The van der Waals surface area contributed by atoms with Crippen LogP contribution in [-0.4, -0.2) is 21.6 Å². The normalized spacial score (nSPS) is 10.7. The van der Waals surface area contributed by atoms with Crippen molar-refractivity contribution in [1.29, 1.82) is 0 Å². The van der Waals surface area contributed by atoms with E-state index in [4.69, 9.17) is 4.74 Å². The standard InChI is InChI=1S/C20H16N4O2/c1-26-17-11-5-10-16-18(17)19(25)24(15-8-3-2-4-9-15)20(23-16)22-14-7-6-12-21-13-14/h2-13H,1H3,(H,22,23). The van der Waals surface area contributed by atoms with Crippen LogP contribution < -0.4 is 15.6 Å². The van der Waals surface area contributed by atoms with Crippen molar-refractivity contribution in [1.82, 2.24) is 14.5 Å². The van der Waals surface area contributed by atoms with E-state index in [2.05, 4.69) is 15.3 Å². The zero-order valence-corrected chi connectivity index (χ0v) is 14.1. The number of anilines is 2. The second-order valence-electron chi connectivity index (χ2n) is 5.63. The van der Waals surface area contributed by atoms with Gasteiger partial charge in [0.25, 0.3) is 5.56 Å². The summed E-state index contributed by atoms with van der Waals surface area (Å²) in [5.74, 6) is 0.910. The number of para-hydroxylation sites is 1. The summed E-state index contributed by atoms with van der Waals surface area (Å²) in [6.07, 6.45) is 3.37. The summed E-state index contributed by atoms with van der Waals surface area (Å²) < 4.78 is 6.91. The molecule has 0 aliphatic heterocycles. The topological polar surface area (TPSA) is 69.0 Å². The zero-order valence-electron chi connectivity index (χ0n) is 14.1. The average molecular weight is 344 g/mol. The van der Waals surface area contributed by atoms with Crippen LogP contribution in [0.3, 0.4) is 0 Å². The van der Waals surface area contributed by atoms with Gasteiger partial charge in [-0.15, -0.1) is 0 Å².